The van der Waals surface area contributed by atoms with Gasteiger partial charge in [0.2, 0.25) is 11.1 Å². The van der Waals surface area contributed by atoms with Crippen molar-refractivity contribution in [1.82, 2.24) is 14.8 Å². The van der Waals surface area contributed by atoms with Gasteiger partial charge in [-0.05, 0) is 50.3 Å². The SMILES string of the molecule is CCSc1nc2n(n1)C(c1cccc(OCc3ccccc3Cl)c1)C(C(=O)OC(C)C)=C(C)N2. The lowest BCUT2D eigenvalue weighted by atomic mass is 9.95. The van der Waals surface area contributed by atoms with Crippen LogP contribution in [0.4, 0.5) is 5.95 Å². The number of fused-ring (bicyclic) bond motifs is 1. The zero-order chi connectivity index (χ0) is 24.2. The van der Waals surface area contributed by atoms with Crippen LogP contribution in [0.1, 0.15) is 44.9 Å². The minimum atomic E-state index is -0.509. The lowest BCUT2D eigenvalue weighted by molar-refractivity contribution is -0.143. The monoisotopic (exact) mass is 498 g/mol. The van der Waals surface area contributed by atoms with Gasteiger partial charge in [-0.25, -0.2) is 9.48 Å². The van der Waals surface area contributed by atoms with E-state index in [4.69, 9.17) is 21.1 Å². The van der Waals surface area contributed by atoms with Gasteiger partial charge in [0.1, 0.15) is 18.4 Å². The van der Waals surface area contributed by atoms with E-state index in [1.807, 2.05) is 76.2 Å². The highest BCUT2D eigenvalue weighted by atomic mass is 35.5. The molecule has 0 fully saturated rings. The number of halogens is 1. The first-order chi connectivity index (χ1) is 16.4. The Hall–Kier alpha value is -2.97. The van der Waals surface area contributed by atoms with Crippen LogP contribution < -0.4 is 10.1 Å². The van der Waals surface area contributed by atoms with Crippen LogP contribution in [-0.4, -0.2) is 32.6 Å². The topological polar surface area (TPSA) is 78.3 Å². The van der Waals surface area contributed by atoms with Gasteiger partial charge in [-0.15, -0.1) is 5.10 Å². The number of aromatic nitrogens is 3. The number of anilines is 1. The first-order valence-corrected chi connectivity index (χ1v) is 12.5. The third kappa shape index (κ3) is 5.23. The van der Waals surface area contributed by atoms with Crippen LogP contribution in [0.3, 0.4) is 0 Å². The van der Waals surface area contributed by atoms with Crippen LogP contribution in [0.5, 0.6) is 5.75 Å². The molecule has 0 saturated heterocycles. The fraction of sp³-hybridized carbons (Fsp3) is 0.320. The van der Waals surface area contributed by atoms with Gasteiger partial charge in [0, 0.05) is 16.3 Å². The van der Waals surface area contributed by atoms with E-state index in [2.05, 4.69) is 15.4 Å². The maximum atomic E-state index is 13.1. The third-order valence-corrected chi connectivity index (χ3v) is 6.28. The van der Waals surface area contributed by atoms with E-state index < -0.39 is 12.0 Å². The molecule has 7 nitrogen and oxygen atoms in total. The summed E-state index contributed by atoms with van der Waals surface area (Å²) in [5.74, 6) is 1.70. The van der Waals surface area contributed by atoms with Crippen molar-refractivity contribution >= 4 is 35.3 Å². The fourth-order valence-electron chi connectivity index (χ4n) is 3.72. The molecule has 1 unspecified atom stereocenters. The molecule has 1 aromatic heterocycles. The molecular formula is C25H27ClN4O3S. The second kappa shape index (κ2) is 10.5. The highest BCUT2D eigenvalue weighted by Crippen LogP contribution is 2.38. The molecule has 4 rings (SSSR count). The number of esters is 1. The van der Waals surface area contributed by atoms with Gasteiger partial charge in [0.25, 0.3) is 0 Å². The predicted octanol–water partition coefficient (Wildman–Crippen LogP) is 5.86. The number of benzene rings is 2. The number of nitrogens with zero attached hydrogens (tertiary/aromatic N) is 3. The average Bonchev–Trinajstić information content (AvgIpc) is 3.19. The van der Waals surface area contributed by atoms with E-state index in [0.29, 0.717) is 39.8 Å². The largest absolute Gasteiger partial charge is 0.489 e. The van der Waals surface area contributed by atoms with Gasteiger partial charge in [-0.3, -0.25) is 0 Å². The van der Waals surface area contributed by atoms with Crippen LogP contribution in [0.2, 0.25) is 5.02 Å². The molecule has 0 radical (unpaired) electrons. The number of hydrogen-bond acceptors (Lipinski definition) is 7. The highest BCUT2D eigenvalue weighted by Gasteiger charge is 2.35. The summed E-state index contributed by atoms with van der Waals surface area (Å²) >= 11 is 7.82. The summed E-state index contributed by atoms with van der Waals surface area (Å²) in [5.41, 5.74) is 2.91. The molecule has 1 aliphatic heterocycles. The van der Waals surface area contributed by atoms with Gasteiger partial charge in [-0.1, -0.05) is 60.6 Å². The summed E-state index contributed by atoms with van der Waals surface area (Å²) in [6.45, 7) is 7.90. The zero-order valence-electron chi connectivity index (χ0n) is 19.5. The molecule has 178 valence electrons. The number of hydrogen-bond donors (Lipinski definition) is 1. The molecule has 3 aromatic rings. The van der Waals surface area contributed by atoms with Gasteiger partial charge in [-0.2, -0.15) is 4.98 Å². The fourth-order valence-corrected chi connectivity index (χ4v) is 4.47. The lowest BCUT2D eigenvalue weighted by Gasteiger charge is -2.28. The smallest absolute Gasteiger partial charge is 0.338 e. The van der Waals surface area contributed by atoms with Crippen molar-refractivity contribution in [3.8, 4) is 5.75 Å². The Kier molecular flexibility index (Phi) is 7.48. The number of allylic oxidation sites excluding steroid dienone is 1. The molecule has 34 heavy (non-hydrogen) atoms. The molecule has 1 atom stereocenters. The van der Waals surface area contributed by atoms with Crippen molar-refractivity contribution in [2.75, 3.05) is 11.1 Å². The molecule has 0 aliphatic carbocycles. The maximum Gasteiger partial charge on any atom is 0.338 e. The summed E-state index contributed by atoms with van der Waals surface area (Å²) < 4.78 is 13.4. The Balaban J connectivity index is 1.71. The van der Waals surface area contributed by atoms with E-state index in [0.717, 1.165) is 16.9 Å². The number of carbonyl (C=O) groups is 1. The van der Waals surface area contributed by atoms with Crippen molar-refractivity contribution < 1.29 is 14.3 Å². The van der Waals surface area contributed by atoms with Crippen LogP contribution in [0.25, 0.3) is 0 Å². The summed E-state index contributed by atoms with van der Waals surface area (Å²) in [4.78, 5) is 17.7. The van der Waals surface area contributed by atoms with Crippen LogP contribution in [0.15, 0.2) is 65.0 Å². The molecular weight excluding hydrogens is 472 g/mol. The van der Waals surface area contributed by atoms with Crippen molar-refractivity contribution in [3.63, 3.8) is 0 Å². The summed E-state index contributed by atoms with van der Waals surface area (Å²) in [7, 11) is 0. The van der Waals surface area contributed by atoms with Gasteiger partial charge in [0.05, 0.1) is 11.7 Å². The van der Waals surface area contributed by atoms with Gasteiger partial charge >= 0.3 is 5.97 Å². The second-order valence-corrected chi connectivity index (χ2v) is 9.71. The van der Waals surface area contributed by atoms with Crippen molar-refractivity contribution in [1.29, 1.82) is 0 Å². The minimum Gasteiger partial charge on any atom is -0.489 e. The number of thioether (sulfide) groups is 1. The molecule has 0 saturated carbocycles. The van der Waals surface area contributed by atoms with Crippen LogP contribution in [0, 0.1) is 0 Å². The van der Waals surface area contributed by atoms with E-state index in [-0.39, 0.29) is 6.10 Å². The van der Waals surface area contributed by atoms with Crippen molar-refractivity contribution in [3.05, 3.63) is 76.0 Å². The number of nitrogens with one attached hydrogen (secondary N) is 1. The van der Waals surface area contributed by atoms with E-state index in [1.165, 1.54) is 0 Å². The lowest BCUT2D eigenvalue weighted by Crippen LogP contribution is -2.30. The molecule has 2 aromatic carbocycles. The van der Waals surface area contributed by atoms with E-state index >= 15 is 0 Å². The Morgan fingerprint density at radius 1 is 1.24 bits per heavy atom. The Morgan fingerprint density at radius 2 is 2.03 bits per heavy atom. The predicted molar refractivity (Wildman–Crippen MR) is 134 cm³/mol. The number of ether oxygens (including phenoxy) is 2. The molecule has 0 bridgehead atoms. The Bertz CT molecular complexity index is 1220. The van der Waals surface area contributed by atoms with E-state index in [9.17, 15) is 4.79 Å². The molecule has 1 N–H and O–H groups in total. The molecule has 2 heterocycles. The highest BCUT2D eigenvalue weighted by molar-refractivity contribution is 7.99. The zero-order valence-corrected chi connectivity index (χ0v) is 21.1. The van der Waals surface area contributed by atoms with Crippen molar-refractivity contribution in [2.24, 2.45) is 0 Å². The second-order valence-electron chi connectivity index (χ2n) is 8.07. The van der Waals surface area contributed by atoms with Crippen LogP contribution in [-0.2, 0) is 16.1 Å². The Labute approximate surface area is 208 Å². The Morgan fingerprint density at radius 3 is 2.76 bits per heavy atom. The summed E-state index contributed by atoms with van der Waals surface area (Å²) in [6, 6.07) is 14.7. The quantitative estimate of drug-likeness (QED) is 0.307. The normalized spacial score (nSPS) is 15.2. The average molecular weight is 499 g/mol. The first kappa shape index (κ1) is 24.2. The molecule has 0 amide bonds. The molecule has 0 spiro atoms. The summed E-state index contributed by atoms with van der Waals surface area (Å²) in [5, 5.41) is 9.21. The van der Waals surface area contributed by atoms with Gasteiger partial charge < -0.3 is 14.8 Å². The van der Waals surface area contributed by atoms with E-state index in [1.54, 1.807) is 16.4 Å². The van der Waals surface area contributed by atoms with Gasteiger partial charge in [0.15, 0.2) is 0 Å². The van der Waals surface area contributed by atoms with Crippen molar-refractivity contribution in [2.45, 2.75) is 51.6 Å². The number of rotatable bonds is 8. The van der Waals surface area contributed by atoms with Crippen LogP contribution >= 0.6 is 23.4 Å². The molecule has 1 aliphatic rings. The minimum absolute atomic E-state index is 0.248. The standard InChI is InChI=1S/C25H27ClN4O3S/c1-5-34-25-28-24-27-16(4)21(23(31)33-15(2)3)22(30(24)29-25)17-10-8-11-19(13-17)32-14-18-9-6-7-12-20(18)26/h6-13,15,22H,5,14H2,1-4H3,(H,27,28,29). The maximum absolute atomic E-state index is 13.1. The third-order valence-electron chi connectivity index (χ3n) is 5.20. The number of carbonyl (C=O) groups excluding carboxylic acids is 1. The molecule has 9 heteroatoms. The first-order valence-electron chi connectivity index (χ1n) is 11.1. The summed E-state index contributed by atoms with van der Waals surface area (Å²) in [6.07, 6.45) is -0.248.